The van der Waals surface area contributed by atoms with Gasteiger partial charge in [-0.2, -0.15) is 0 Å². The molecule has 0 radical (unpaired) electrons. The molecular weight excluding hydrogens is 234 g/mol. The van der Waals surface area contributed by atoms with Crippen LogP contribution in [0.4, 0.5) is 0 Å². The average molecular weight is 263 g/mol. The fourth-order valence-corrected chi connectivity index (χ4v) is 2.14. The van der Waals surface area contributed by atoms with Crippen molar-refractivity contribution in [2.75, 3.05) is 13.6 Å². The van der Waals surface area contributed by atoms with Crippen LogP contribution in [0, 0.1) is 0 Å². The van der Waals surface area contributed by atoms with Gasteiger partial charge < -0.3 is 5.32 Å². The molecule has 1 atom stereocenters. The third-order valence-corrected chi connectivity index (χ3v) is 3.27. The van der Waals surface area contributed by atoms with E-state index in [2.05, 4.69) is 56.0 Å². The Morgan fingerprint density at radius 1 is 1.37 bits per heavy atom. The average Bonchev–Trinajstić information content (AvgIpc) is 2.34. The van der Waals surface area contributed by atoms with Gasteiger partial charge in [0, 0.05) is 37.1 Å². The van der Waals surface area contributed by atoms with Crippen LogP contribution in [0.25, 0.3) is 0 Å². The van der Waals surface area contributed by atoms with Crippen LogP contribution in [0.2, 0.25) is 0 Å². The highest BCUT2D eigenvalue weighted by Gasteiger charge is 2.17. The minimum absolute atomic E-state index is 0.182. The van der Waals surface area contributed by atoms with Crippen molar-refractivity contribution >= 4 is 0 Å². The van der Waals surface area contributed by atoms with E-state index < -0.39 is 0 Å². The summed E-state index contributed by atoms with van der Waals surface area (Å²) in [6.45, 7) is 10.9. The second-order valence-corrected chi connectivity index (χ2v) is 6.35. The molecule has 0 bridgehead atoms. The first kappa shape index (κ1) is 16.1. The summed E-state index contributed by atoms with van der Waals surface area (Å²) < 4.78 is 0. The fraction of sp³-hybridized carbons (Fsp3) is 0.688. The van der Waals surface area contributed by atoms with Gasteiger partial charge in [0.05, 0.1) is 0 Å². The number of nitrogens with zero attached hydrogens (tertiary/aromatic N) is 2. The molecule has 1 aromatic heterocycles. The molecule has 0 aliphatic heterocycles. The third-order valence-electron chi connectivity index (χ3n) is 3.27. The van der Waals surface area contributed by atoms with Gasteiger partial charge in [0.15, 0.2) is 0 Å². The zero-order valence-electron chi connectivity index (χ0n) is 13.1. The second-order valence-electron chi connectivity index (χ2n) is 6.35. The summed E-state index contributed by atoms with van der Waals surface area (Å²) in [6.07, 6.45) is 6.22. The zero-order valence-corrected chi connectivity index (χ0v) is 13.1. The quantitative estimate of drug-likeness (QED) is 0.819. The van der Waals surface area contributed by atoms with Gasteiger partial charge in [0.25, 0.3) is 0 Å². The highest BCUT2D eigenvalue weighted by atomic mass is 15.2. The Balaban J connectivity index is 2.54. The molecule has 19 heavy (non-hydrogen) atoms. The Hall–Kier alpha value is -0.930. The van der Waals surface area contributed by atoms with E-state index in [1.807, 2.05) is 18.5 Å². The molecule has 108 valence electrons. The first-order valence-corrected chi connectivity index (χ1v) is 7.26. The maximum atomic E-state index is 4.19. The van der Waals surface area contributed by atoms with Gasteiger partial charge in [0.1, 0.15) is 0 Å². The van der Waals surface area contributed by atoms with Gasteiger partial charge in [-0.1, -0.05) is 19.4 Å². The molecule has 0 spiro atoms. The van der Waals surface area contributed by atoms with Gasteiger partial charge in [0.2, 0.25) is 0 Å². The number of pyridine rings is 1. The normalized spacial score (nSPS) is 13.8. The predicted octanol–water partition coefficient (Wildman–Crippen LogP) is 3.07. The van der Waals surface area contributed by atoms with E-state index in [9.17, 15) is 0 Å². The Labute approximate surface area is 118 Å². The SMILES string of the molecule is CCCC(CNC(C)(C)C)N(C)Cc1cccnc1. The Kier molecular flexibility index (Phi) is 6.46. The van der Waals surface area contributed by atoms with Gasteiger partial charge in [-0.05, 0) is 45.9 Å². The van der Waals surface area contributed by atoms with Crippen LogP contribution in [0.1, 0.15) is 46.1 Å². The maximum Gasteiger partial charge on any atom is 0.0312 e. The number of nitrogens with one attached hydrogen (secondary N) is 1. The van der Waals surface area contributed by atoms with Gasteiger partial charge >= 0.3 is 0 Å². The van der Waals surface area contributed by atoms with Crippen molar-refractivity contribution in [1.29, 1.82) is 0 Å². The molecule has 3 heteroatoms. The van der Waals surface area contributed by atoms with Crippen LogP contribution in [0.3, 0.4) is 0 Å². The highest BCUT2D eigenvalue weighted by molar-refractivity contribution is 5.08. The smallest absolute Gasteiger partial charge is 0.0312 e. The molecule has 1 unspecified atom stereocenters. The highest BCUT2D eigenvalue weighted by Crippen LogP contribution is 2.10. The van der Waals surface area contributed by atoms with Crippen molar-refractivity contribution < 1.29 is 0 Å². The predicted molar refractivity (Wildman–Crippen MR) is 82.2 cm³/mol. The lowest BCUT2D eigenvalue weighted by Gasteiger charge is -2.31. The summed E-state index contributed by atoms with van der Waals surface area (Å²) in [5.74, 6) is 0. The third kappa shape index (κ3) is 6.69. The molecule has 0 saturated carbocycles. The van der Waals surface area contributed by atoms with E-state index in [0.29, 0.717) is 6.04 Å². The molecular formula is C16H29N3. The molecule has 0 amide bonds. The molecule has 0 saturated heterocycles. The Bertz CT molecular complexity index is 343. The largest absolute Gasteiger partial charge is 0.311 e. The van der Waals surface area contributed by atoms with E-state index in [-0.39, 0.29) is 5.54 Å². The molecule has 1 heterocycles. The monoisotopic (exact) mass is 263 g/mol. The Morgan fingerprint density at radius 2 is 2.11 bits per heavy atom. The summed E-state index contributed by atoms with van der Waals surface area (Å²) in [7, 11) is 2.21. The van der Waals surface area contributed by atoms with Crippen molar-refractivity contribution in [2.45, 2.75) is 58.7 Å². The first-order valence-electron chi connectivity index (χ1n) is 7.26. The van der Waals surface area contributed by atoms with E-state index in [0.717, 1.165) is 13.1 Å². The van der Waals surface area contributed by atoms with Gasteiger partial charge in [-0.25, -0.2) is 0 Å². The number of rotatable bonds is 7. The van der Waals surface area contributed by atoms with Crippen LogP contribution in [-0.4, -0.2) is 35.1 Å². The zero-order chi connectivity index (χ0) is 14.3. The van der Waals surface area contributed by atoms with Crippen molar-refractivity contribution in [3.63, 3.8) is 0 Å². The summed E-state index contributed by atoms with van der Waals surface area (Å²) in [5.41, 5.74) is 1.46. The lowest BCUT2D eigenvalue weighted by Crippen LogP contribution is -2.46. The van der Waals surface area contributed by atoms with Crippen molar-refractivity contribution in [3.05, 3.63) is 30.1 Å². The molecule has 0 aliphatic rings. The molecule has 1 aromatic rings. The first-order chi connectivity index (χ1) is 8.92. The second kappa shape index (κ2) is 7.61. The topological polar surface area (TPSA) is 28.2 Å². The lowest BCUT2D eigenvalue weighted by molar-refractivity contribution is 0.202. The maximum absolute atomic E-state index is 4.19. The minimum atomic E-state index is 0.182. The Morgan fingerprint density at radius 3 is 2.63 bits per heavy atom. The lowest BCUT2D eigenvalue weighted by atomic mass is 10.1. The summed E-state index contributed by atoms with van der Waals surface area (Å²) in [6, 6.07) is 4.72. The minimum Gasteiger partial charge on any atom is -0.311 e. The van der Waals surface area contributed by atoms with Gasteiger partial charge in [-0.3, -0.25) is 9.88 Å². The molecule has 0 aliphatic carbocycles. The van der Waals surface area contributed by atoms with Crippen molar-refractivity contribution in [1.82, 2.24) is 15.2 Å². The summed E-state index contributed by atoms with van der Waals surface area (Å²) >= 11 is 0. The van der Waals surface area contributed by atoms with Crippen molar-refractivity contribution in [2.24, 2.45) is 0 Å². The molecule has 0 aromatic carbocycles. The summed E-state index contributed by atoms with van der Waals surface area (Å²) in [5, 5.41) is 3.62. The van der Waals surface area contributed by atoms with Crippen LogP contribution < -0.4 is 5.32 Å². The van der Waals surface area contributed by atoms with E-state index >= 15 is 0 Å². The number of hydrogen-bond acceptors (Lipinski definition) is 3. The molecule has 1 rings (SSSR count). The fourth-order valence-electron chi connectivity index (χ4n) is 2.14. The van der Waals surface area contributed by atoms with Crippen LogP contribution in [0.15, 0.2) is 24.5 Å². The van der Waals surface area contributed by atoms with E-state index in [1.165, 1.54) is 18.4 Å². The number of aromatic nitrogens is 1. The van der Waals surface area contributed by atoms with Gasteiger partial charge in [-0.15, -0.1) is 0 Å². The number of likely N-dealkylation sites (N-methyl/N-ethyl adjacent to an activating group) is 1. The number of hydrogen-bond donors (Lipinski definition) is 1. The standard InChI is InChI=1S/C16H29N3/c1-6-8-15(12-18-16(2,3)4)19(5)13-14-9-7-10-17-11-14/h7,9-11,15,18H,6,8,12-13H2,1-5H3. The van der Waals surface area contributed by atoms with E-state index in [1.54, 1.807) is 0 Å². The summed E-state index contributed by atoms with van der Waals surface area (Å²) in [4.78, 5) is 6.62. The molecule has 0 fully saturated rings. The molecule has 1 N–H and O–H groups in total. The van der Waals surface area contributed by atoms with E-state index in [4.69, 9.17) is 0 Å². The van der Waals surface area contributed by atoms with Crippen LogP contribution >= 0.6 is 0 Å². The van der Waals surface area contributed by atoms with Crippen LogP contribution in [0.5, 0.6) is 0 Å². The van der Waals surface area contributed by atoms with Crippen molar-refractivity contribution in [3.8, 4) is 0 Å². The van der Waals surface area contributed by atoms with Crippen LogP contribution in [-0.2, 0) is 6.54 Å². The molecule has 3 nitrogen and oxygen atoms in total.